The van der Waals surface area contributed by atoms with Gasteiger partial charge < -0.3 is 14.2 Å². The lowest BCUT2D eigenvalue weighted by Crippen LogP contribution is -2.46. The van der Waals surface area contributed by atoms with Gasteiger partial charge in [-0.3, -0.25) is 4.90 Å². The first kappa shape index (κ1) is 14.8. The third kappa shape index (κ3) is 3.22. The van der Waals surface area contributed by atoms with Crippen LogP contribution in [0.2, 0.25) is 0 Å². The van der Waals surface area contributed by atoms with E-state index in [0.717, 1.165) is 55.8 Å². The van der Waals surface area contributed by atoms with E-state index < -0.39 is 0 Å². The Bertz CT molecular complexity index is 603. The molecule has 1 fully saturated rings. The Morgan fingerprint density at radius 1 is 1.23 bits per heavy atom. The highest BCUT2D eigenvalue weighted by Crippen LogP contribution is 2.19. The van der Waals surface area contributed by atoms with Crippen LogP contribution in [-0.2, 0) is 6.54 Å². The number of anilines is 2. The Kier molecular flexibility index (Phi) is 4.29. The largest absolute Gasteiger partial charge is 0.468 e. The van der Waals surface area contributed by atoms with Gasteiger partial charge in [-0.15, -0.1) is 0 Å². The van der Waals surface area contributed by atoms with E-state index >= 15 is 0 Å². The van der Waals surface area contributed by atoms with Gasteiger partial charge in [-0.2, -0.15) is 4.98 Å². The molecular weight excluding hydrogens is 278 g/mol. The van der Waals surface area contributed by atoms with Crippen molar-refractivity contribution in [3.63, 3.8) is 0 Å². The van der Waals surface area contributed by atoms with Crippen LogP contribution < -0.4 is 9.80 Å². The minimum Gasteiger partial charge on any atom is -0.468 e. The lowest BCUT2D eigenvalue weighted by Gasteiger charge is -2.34. The fraction of sp³-hybridized carbons (Fsp3) is 0.500. The summed E-state index contributed by atoms with van der Waals surface area (Å²) in [6.07, 6.45) is 3.64. The lowest BCUT2D eigenvalue weighted by atomic mass is 10.3. The second-order valence-electron chi connectivity index (χ2n) is 5.91. The molecule has 0 aliphatic carbocycles. The predicted molar refractivity (Wildman–Crippen MR) is 87.3 cm³/mol. The summed E-state index contributed by atoms with van der Waals surface area (Å²) in [4.78, 5) is 15.9. The zero-order chi connectivity index (χ0) is 15.5. The van der Waals surface area contributed by atoms with Gasteiger partial charge in [0, 0.05) is 52.0 Å². The van der Waals surface area contributed by atoms with E-state index in [-0.39, 0.29) is 0 Å². The van der Waals surface area contributed by atoms with Crippen LogP contribution in [0.4, 0.5) is 11.8 Å². The van der Waals surface area contributed by atoms with Crippen molar-refractivity contribution in [1.82, 2.24) is 14.9 Å². The van der Waals surface area contributed by atoms with Crippen LogP contribution in [0.1, 0.15) is 11.3 Å². The average molecular weight is 301 g/mol. The summed E-state index contributed by atoms with van der Waals surface area (Å²) < 4.78 is 5.42. The molecule has 2 aromatic heterocycles. The van der Waals surface area contributed by atoms with E-state index in [2.05, 4.69) is 14.8 Å². The van der Waals surface area contributed by atoms with Gasteiger partial charge in [0.1, 0.15) is 11.6 Å². The van der Waals surface area contributed by atoms with Crippen LogP contribution in [0.25, 0.3) is 0 Å². The molecule has 0 amide bonds. The third-order valence-corrected chi connectivity index (χ3v) is 3.97. The first-order valence-corrected chi connectivity index (χ1v) is 7.64. The van der Waals surface area contributed by atoms with Gasteiger partial charge in [0.25, 0.3) is 0 Å². The molecule has 2 aromatic rings. The maximum absolute atomic E-state index is 5.42. The van der Waals surface area contributed by atoms with Crippen molar-refractivity contribution in [2.45, 2.75) is 13.5 Å². The standard InChI is InChI=1S/C16H23N5O/c1-13-11-17-16(18-15(13)19(2)3)21-8-6-20(7-9-21)12-14-5-4-10-22-14/h4-5,10-11H,6-9,12H2,1-3H3. The summed E-state index contributed by atoms with van der Waals surface area (Å²) in [5, 5.41) is 0. The molecule has 118 valence electrons. The molecule has 1 aliphatic rings. The van der Waals surface area contributed by atoms with Crippen molar-refractivity contribution in [1.29, 1.82) is 0 Å². The Morgan fingerprint density at radius 3 is 2.64 bits per heavy atom. The quantitative estimate of drug-likeness (QED) is 0.858. The van der Waals surface area contributed by atoms with Gasteiger partial charge in [0.15, 0.2) is 0 Å². The van der Waals surface area contributed by atoms with E-state index in [0.29, 0.717) is 0 Å². The molecule has 0 atom stereocenters. The molecule has 0 spiro atoms. The number of aromatic nitrogens is 2. The maximum Gasteiger partial charge on any atom is 0.227 e. The maximum atomic E-state index is 5.42. The molecule has 0 N–H and O–H groups in total. The Hall–Kier alpha value is -2.08. The number of piperazine rings is 1. The van der Waals surface area contributed by atoms with Crippen LogP contribution in [0.3, 0.4) is 0 Å². The smallest absolute Gasteiger partial charge is 0.227 e. The van der Waals surface area contributed by atoms with Crippen LogP contribution in [0.15, 0.2) is 29.0 Å². The minimum atomic E-state index is 0.826. The Labute approximate surface area is 131 Å². The molecule has 3 rings (SSSR count). The Balaban J connectivity index is 1.62. The predicted octanol–water partition coefficient (Wildman–Crippen LogP) is 1.77. The van der Waals surface area contributed by atoms with Crippen molar-refractivity contribution >= 4 is 11.8 Å². The van der Waals surface area contributed by atoms with Crippen LogP contribution >= 0.6 is 0 Å². The van der Waals surface area contributed by atoms with E-state index in [1.54, 1.807) is 6.26 Å². The van der Waals surface area contributed by atoms with Crippen LogP contribution in [-0.4, -0.2) is 55.1 Å². The van der Waals surface area contributed by atoms with Crippen LogP contribution in [0, 0.1) is 6.92 Å². The molecule has 3 heterocycles. The Morgan fingerprint density at radius 2 is 2.00 bits per heavy atom. The van der Waals surface area contributed by atoms with E-state index in [4.69, 9.17) is 9.40 Å². The monoisotopic (exact) mass is 301 g/mol. The SMILES string of the molecule is Cc1cnc(N2CCN(Cc3ccco3)CC2)nc1N(C)C. The third-order valence-electron chi connectivity index (χ3n) is 3.97. The number of hydrogen-bond acceptors (Lipinski definition) is 6. The highest BCUT2D eigenvalue weighted by Gasteiger charge is 2.20. The number of aryl methyl sites for hydroxylation is 1. The zero-order valence-electron chi connectivity index (χ0n) is 13.5. The molecular formula is C16H23N5O. The average Bonchev–Trinajstić information content (AvgIpc) is 3.01. The summed E-state index contributed by atoms with van der Waals surface area (Å²) in [6.45, 7) is 6.79. The number of furan rings is 1. The summed E-state index contributed by atoms with van der Waals surface area (Å²) in [6, 6.07) is 3.97. The summed E-state index contributed by atoms with van der Waals surface area (Å²) in [7, 11) is 4.03. The molecule has 6 heteroatoms. The van der Waals surface area contributed by atoms with Gasteiger partial charge in [-0.25, -0.2) is 4.98 Å². The van der Waals surface area contributed by atoms with Gasteiger partial charge in [0.2, 0.25) is 5.95 Å². The first-order valence-electron chi connectivity index (χ1n) is 7.64. The molecule has 22 heavy (non-hydrogen) atoms. The van der Waals surface area contributed by atoms with Gasteiger partial charge >= 0.3 is 0 Å². The van der Waals surface area contributed by atoms with Crippen molar-refractivity contribution in [3.8, 4) is 0 Å². The molecule has 0 saturated carbocycles. The second-order valence-corrected chi connectivity index (χ2v) is 5.91. The van der Waals surface area contributed by atoms with E-state index in [1.165, 1.54) is 0 Å². The van der Waals surface area contributed by atoms with Crippen molar-refractivity contribution < 1.29 is 4.42 Å². The number of hydrogen-bond donors (Lipinski definition) is 0. The molecule has 6 nitrogen and oxygen atoms in total. The zero-order valence-corrected chi connectivity index (χ0v) is 13.5. The van der Waals surface area contributed by atoms with Crippen molar-refractivity contribution in [3.05, 3.63) is 35.9 Å². The fourth-order valence-corrected chi connectivity index (χ4v) is 2.76. The highest BCUT2D eigenvalue weighted by molar-refractivity contribution is 5.48. The van der Waals surface area contributed by atoms with Gasteiger partial charge in [0.05, 0.1) is 12.8 Å². The number of rotatable bonds is 4. The molecule has 1 aliphatic heterocycles. The lowest BCUT2D eigenvalue weighted by molar-refractivity contribution is 0.229. The number of nitrogens with zero attached hydrogens (tertiary/aromatic N) is 5. The first-order chi connectivity index (χ1) is 10.6. The molecule has 1 saturated heterocycles. The highest BCUT2D eigenvalue weighted by atomic mass is 16.3. The normalized spacial score (nSPS) is 16.0. The van der Waals surface area contributed by atoms with Gasteiger partial charge in [-0.1, -0.05) is 0 Å². The summed E-state index contributed by atoms with van der Waals surface area (Å²) >= 11 is 0. The van der Waals surface area contributed by atoms with E-state index in [1.807, 2.05) is 44.2 Å². The van der Waals surface area contributed by atoms with Gasteiger partial charge in [-0.05, 0) is 19.1 Å². The summed E-state index contributed by atoms with van der Waals surface area (Å²) in [5.74, 6) is 2.84. The molecule has 0 unspecified atom stereocenters. The second kappa shape index (κ2) is 6.36. The van der Waals surface area contributed by atoms with Crippen molar-refractivity contribution in [2.24, 2.45) is 0 Å². The van der Waals surface area contributed by atoms with E-state index in [9.17, 15) is 0 Å². The molecule has 0 radical (unpaired) electrons. The molecule has 0 bridgehead atoms. The van der Waals surface area contributed by atoms with Crippen molar-refractivity contribution in [2.75, 3.05) is 50.1 Å². The molecule has 0 aromatic carbocycles. The van der Waals surface area contributed by atoms with Crippen LogP contribution in [0.5, 0.6) is 0 Å². The fourth-order valence-electron chi connectivity index (χ4n) is 2.76. The minimum absolute atomic E-state index is 0.826. The topological polar surface area (TPSA) is 48.6 Å². The summed E-state index contributed by atoms with van der Waals surface area (Å²) in [5.41, 5.74) is 1.10.